The van der Waals surface area contributed by atoms with Gasteiger partial charge in [-0.1, -0.05) is 84.9 Å². The molecule has 0 nitrogen and oxygen atoms in total. The third-order valence-corrected chi connectivity index (χ3v) is 7.24. The Morgan fingerprint density at radius 2 is 0.767 bits per heavy atom. The van der Waals surface area contributed by atoms with E-state index in [1.807, 2.05) is 0 Å². The van der Waals surface area contributed by atoms with Gasteiger partial charge in [-0.2, -0.15) is 0 Å². The zero-order chi connectivity index (χ0) is 19.7. The molecule has 0 N–H and O–H groups in total. The highest BCUT2D eigenvalue weighted by Crippen LogP contribution is 2.49. The molecule has 7 rings (SSSR count). The maximum absolute atomic E-state index is 2.36. The summed E-state index contributed by atoms with van der Waals surface area (Å²) < 4.78 is 0. The molecule has 0 aliphatic heterocycles. The molecule has 0 amide bonds. The molecule has 0 radical (unpaired) electrons. The van der Waals surface area contributed by atoms with Gasteiger partial charge in [-0.15, -0.1) is 0 Å². The molecular formula is C30H22. The predicted octanol–water partition coefficient (Wildman–Crippen LogP) is 7.52. The lowest BCUT2D eigenvalue weighted by Gasteiger charge is -2.20. The van der Waals surface area contributed by atoms with Crippen LogP contribution in [-0.4, -0.2) is 0 Å². The fourth-order valence-corrected chi connectivity index (χ4v) is 5.96. The minimum Gasteiger partial charge on any atom is -0.0620 e. The van der Waals surface area contributed by atoms with Crippen LogP contribution in [0.1, 0.15) is 22.3 Å². The summed E-state index contributed by atoms with van der Waals surface area (Å²) in [5, 5.41) is 5.79. The van der Waals surface area contributed by atoms with Crippen molar-refractivity contribution in [1.82, 2.24) is 0 Å². The molecule has 0 bridgehead atoms. The zero-order valence-electron chi connectivity index (χ0n) is 16.9. The average Bonchev–Trinajstić information content (AvgIpc) is 3.07. The number of fused-ring (bicyclic) bond motifs is 6. The van der Waals surface area contributed by atoms with Crippen molar-refractivity contribution in [3.63, 3.8) is 0 Å². The van der Waals surface area contributed by atoms with E-state index in [0.29, 0.717) is 0 Å². The van der Waals surface area contributed by atoms with E-state index in [0.717, 1.165) is 25.7 Å². The molecule has 0 heterocycles. The third-order valence-electron chi connectivity index (χ3n) is 7.24. The molecule has 0 unspecified atom stereocenters. The van der Waals surface area contributed by atoms with Crippen molar-refractivity contribution in [3.8, 4) is 22.3 Å². The van der Waals surface area contributed by atoms with Crippen molar-refractivity contribution >= 4 is 21.5 Å². The molecule has 5 aromatic rings. The fourth-order valence-electron chi connectivity index (χ4n) is 5.96. The second kappa shape index (κ2) is 6.06. The van der Waals surface area contributed by atoms with Gasteiger partial charge in [0.05, 0.1) is 0 Å². The van der Waals surface area contributed by atoms with Crippen LogP contribution in [-0.2, 0) is 25.7 Å². The fraction of sp³-hybridized carbons (Fsp3) is 0.133. The Kier molecular flexibility index (Phi) is 3.32. The van der Waals surface area contributed by atoms with Gasteiger partial charge in [0, 0.05) is 0 Å². The summed E-state index contributed by atoms with van der Waals surface area (Å²) in [4.78, 5) is 0. The summed E-state index contributed by atoms with van der Waals surface area (Å²) in [5.41, 5.74) is 11.7. The Balaban J connectivity index is 1.80. The molecule has 0 saturated heterocycles. The molecular weight excluding hydrogens is 360 g/mol. The molecule has 0 fully saturated rings. The van der Waals surface area contributed by atoms with Gasteiger partial charge < -0.3 is 0 Å². The lowest BCUT2D eigenvalue weighted by Crippen LogP contribution is -1.94. The van der Waals surface area contributed by atoms with Gasteiger partial charge in [-0.3, -0.25) is 0 Å². The lowest BCUT2D eigenvalue weighted by molar-refractivity contribution is 0.978. The van der Waals surface area contributed by atoms with E-state index in [-0.39, 0.29) is 0 Å². The highest BCUT2D eigenvalue weighted by Gasteiger charge is 2.25. The first-order valence-corrected chi connectivity index (χ1v) is 11.1. The Labute approximate surface area is 176 Å². The minimum atomic E-state index is 1.10. The Bertz CT molecular complexity index is 1370. The van der Waals surface area contributed by atoms with Gasteiger partial charge in [0.25, 0.3) is 0 Å². The van der Waals surface area contributed by atoms with Crippen LogP contribution < -0.4 is 0 Å². The first-order valence-electron chi connectivity index (χ1n) is 11.1. The van der Waals surface area contributed by atoms with E-state index < -0.39 is 0 Å². The Morgan fingerprint density at radius 3 is 1.27 bits per heavy atom. The second-order valence-corrected chi connectivity index (χ2v) is 8.74. The van der Waals surface area contributed by atoms with Crippen LogP contribution in [0.15, 0.2) is 84.9 Å². The van der Waals surface area contributed by atoms with Gasteiger partial charge in [0.15, 0.2) is 0 Å². The van der Waals surface area contributed by atoms with Crippen LogP contribution in [0.25, 0.3) is 43.8 Å². The first kappa shape index (κ1) is 16.4. The maximum Gasteiger partial charge on any atom is -0.00207 e. The number of hydrogen-bond donors (Lipinski definition) is 0. The van der Waals surface area contributed by atoms with Crippen molar-refractivity contribution in [3.05, 3.63) is 107 Å². The largest absolute Gasteiger partial charge is 0.0620 e. The topological polar surface area (TPSA) is 0 Å². The van der Waals surface area contributed by atoms with Crippen molar-refractivity contribution in [2.75, 3.05) is 0 Å². The molecule has 0 heteroatoms. The van der Waals surface area contributed by atoms with Crippen LogP contribution in [0, 0.1) is 0 Å². The standard InChI is InChI=1S/C30H22/c1-3-11-23-19(7-1)15-17-21-9-5-14-26-27(21)29(23)25-13-6-10-22-18-16-20-8-2-4-12-24(20)30(26)28(22)25/h1-14H,15-18H2. The van der Waals surface area contributed by atoms with Crippen LogP contribution >= 0.6 is 0 Å². The van der Waals surface area contributed by atoms with Gasteiger partial charge >= 0.3 is 0 Å². The van der Waals surface area contributed by atoms with E-state index in [9.17, 15) is 0 Å². The summed E-state index contributed by atoms with van der Waals surface area (Å²) in [6.45, 7) is 0. The predicted molar refractivity (Wildman–Crippen MR) is 127 cm³/mol. The molecule has 30 heavy (non-hydrogen) atoms. The number of hydrogen-bond acceptors (Lipinski definition) is 0. The summed E-state index contributed by atoms with van der Waals surface area (Å²) >= 11 is 0. The van der Waals surface area contributed by atoms with E-state index >= 15 is 0 Å². The number of aryl methyl sites for hydroxylation is 4. The van der Waals surface area contributed by atoms with E-state index in [1.54, 1.807) is 0 Å². The highest BCUT2D eigenvalue weighted by atomic mass is 14.3. The minimum absolute atomic E-state index is 1.10. The molecule has 0 saturated carbocycles. The number of benzene rings is 5. The summed E-state index contributed by atoms with van der Waals surface area (Å²) in [7, 11) is 0. The molecule has 142 valence electrons. The smallest absolute Gasteiger partial charge is 0.00207 e. The summed E-state index contributed by atoms with van der Waals surface area (Å²) in [5.74, 6) is 0. The first-order chi connectivity index (χ1) is 14.9. The monoisotopic (exact) mass is 382 g/mol. The van der Waals surface area contributed by atoms with Crippen molar-refractivity contribution in [2.45, 2.75) is 25.7 Å². The van der Waals surface area contributed by atoms with Crippen LogP contribution in [0.2, 0.25) is 0 Å². The highest BCUT2D eigenvalue weighted by molar-refractivity contribution is 6.23. The van der Waals surface area contributed by atoms with Crippen LogP contribution in [0.4, 0.5) is 0 Å². The number of rotatable bonds is 0. The van der Waals surface area contributed by atoms with Crippen molar-refractivity contribution in [2.24, 2.45) is 0 Å². The molecule has 2 aliphatic carbocycles. The van der Waals surface area contributed by atoms with Gasteiger partial charge in [0.1, 0.15) is 0 Å². The molecule has 2 aliphatic rings. The van der Waals surface area contributed by atoms with Gasteiger partial charge in [-0.05, 0) is 91.7 Å². The maximum atomic E-state index is 2.36. The Morgan fingerprint density at radius 1 is 0.367 bits per heavy atom. The quantitative estimate of drug-likeness (QED) is 0.243. The second-order valence-electron chi connectivity index (χ2n) is 8.74. The molecule has 0 spiro atoms. The normalized spacial score (nSPS) is 14.1. The molecule has 0 aromatic heterocycles. The lowest BCUT2D eigenvalue weighted by atomic mass is 9.83. The van der Waals surface area contributed by atoms with E-state index in [2.05, 4.69) is 84.9 Å². The van der Waals surface area contributed by atoms with Crippen molar-refractivity contribution < 1.29 is 0 Å². The van der Waals surface area contributed by atoms with Gasteiger partial charge in [0.2, 0.25) is 0 Å². The van der Waals surface area contributed by atoms with Crippen LogP contribution in [0.3, 0.4) is 0 Å². The molecule has 0 atom stereocenters. The summed E-state index contributed by atoms with van der Waals surface area (Å²) in [6.07, 6.45) is 4.43. The van der Waals surface area contributed by atoms with E-state index in [1.165, 1.54) is 66.1 Å². The molecule has 5 aromatic carbocycles. The summed E-state index contributed by atoms with van der Waals surface area (Å²) in [6, 6.07) is 32.1. The van der Waals surface area contributed by atoms with Crippen molar-refractivity contribution in [1.29, 1.82) is 0 Å². The van der Waals surface area contributed by atoms with Crippen LogP contribution in [0.5, 0.6) is 0 Å². The average molecular weight is 383 g/mol. The SMILES string of the molecule is c1ccc2c(c1)CCc1cccc3c4c5c(cccc5c-2c13)CCc1ccccc1-4. The Hall–Kier alpha value is -3.38. The van der Waals surface area contributed by atoms with Gasteiger partial charge in [-0.25, -0.2) is 0 Å². The van der Waals surface area contributed by atoms with E-state index in [4.69, 9.17) is 0 Å². The third kappa shape index (κ3) is 2.11. The zero-order valence-corrected chi connectivity index (χ0v) is 16.9.